The monoisotopic (exact) mass is 312 g/mol. The van der Waals surface area contributed by atoms with E-state index in [1.54, 1.807) is 18.2 Å². The predicted molar refractivity (Wildman–Crippen MR) is 66.9 cm³/mol. The molecule has 1 amide bonds. The van der Waals surface area contributed by atoms with Crippen molar-refractivity contribution in [1.82, 2.24) is 15.0 Å². The lowest BCUT2D eigenvalue weighted by Crippen LogP contribution is -2.13. The molecule has 0 fully saturated rings. The molecule has 2 aromatic heterocycles. The third-order valence-corrected chi connectivity index (χ3v) is 2.51. The summed E-state index contributed by atoms with van der Waals surface area (Å²) in [7, 11) is 0. The van der Waals surface area contributed by atoms with Crippen molar-refractivity contribution in [3.63, 3.8) is 0 Å². The number of carbonyl (C=O) groups excluding carboxylic acids is 1. The third kappa shape index (κ3) is 3.21. The molecule has 0 radical (unpaired) electrons. The van der Waals surface area contributed by atoms with Crippen molar-refractivity contribution in [2.75, 3.05) is 5.32 Å². The molecule has 0 saturated heterocycles. The van der Waals surface area contributed by atoms with Crippen molar-refractivity contribution in [2.45, 2.75) is 0 Å². The molecule has 0 aromatic carbocycles. The second-order valence-corrected chi connectivity index (χ2v) is 4.19. The summed E-state index contributed by atoms with van der Waals surface area (Å²) >= 11 is 8.79. The van der Waals surface area contributed by atoms with Crippen molar-refractivity contribution in [2.24, 2.45) is 0 Å². The van der Waals surface area contributed by atoms with Crippen molar-refractivity contribution >= 4 is 39.3 Å². The maximum Gasteiger partial charge on any atom is 0.258 e. The van der Waals surface area contributed by atoms with E-state index < -0.39 is 0 Å². The molecule has 5 nitrogen and oxygen atoms in total. The first-order valence-electron chi connectivity index (χ1n) is 4.56. The van der Waals surface area contributed by atoms with Gasteiger partial charge in [-0.05, 0) is 45.7 Å². The van der Waals surface area contributed by atoms with E-state index in [4.69, 9.17) is 11.6 Å². The highest BCUT2D eigenvalue weighted by atomic mass is 79.9. The van der Waals surface area contributed by atoms with Gasteiger partial charge >= 0.3 is 0 Å². The van der Waals surface area contributed by atoms with Gasteiger partial charge in [0.25, 0.3) is 5.91 Å². The second kappa shape index (κ2) is 5.20. The Morgan fingerprint density at radius 3 is 2.76 bits per heavy atom. The summed E-state index contributed by atoms with van der Waals surface area (Å²) in [4.78, 5) is 23.3. The van der Waals surface area contributed by atoms with E-state index in [0.29, 0.717) is 16.0 Å². The van der Waals surface area contributed by atoms with Gasteiger partial charge < -0.3 is 5.32 Å². The maximum absolute atomic E-state index is 11.8. The number of pyridine rings is 1. The first-order chi connectivity index (χ1) is 8.15. The lowest BCUT2D eigenvalue weighted by atomic mass is 10.3. The summed E-state index contributed by atoms with van der Waals surface area (Å²) < 4.78 is 0.666. The quantitative estimate of drug-likeness (QED) is 0.683. The minimum atomic E-state index is -0.306. The van der Waals surface area contributed by atoms with Gasteiger partial charge in [-0.3, -0.25) is 4.79 Å². The van der Waals surface area contributed by atoms with E-state index in [1.165, 1.54) is 12.4 Å². The highest BCUT2D eigenvalue weighted by molar-refractivity contribution is 9.10. The molecule has 1 N–H and O–H groups in total. The van der Waals surface area contributed by atoms with Crippen molar-refractivity contribution in [1.29, 1.82) is 0 Å². The molecule has 2 heterocycles. The van der Waals surface area contributed by atoms with Gasteiger partial charge in [-0.2, -0.15) is 0 Å². The SMILES string of the molecule is O=C(Nc1ccnc(Cl)n1)c1ccc(Br)nc1. The largest absolute Gasteiger partial charge is 0.306 e. The zero-order chi connectivity index (χ0) is 12.3. The molecule has 0 saturated carbocycles. The van der Waals surface area contributed by atoms with E-state index in [2.05, 4.69) is 36.2 Å². The van der Waals surface area contributed by atoms with Crippen LogP contribution in [-0.2, 0) is 0 Å². The van der Waals surface area contributed by atoms with Gasteiger partial charge in [-0.25, -0.2) is 15.0 Å². The topological polar surface area (TPSA) is 67.8 Å². The van der Waals surface area contributed by atoms with Gasteiger partial charge in [-0.1, -0.05) is 0 Å². The average Bonchev–Trinajstić information content (AvgIpc) is 2.29. The Kier molecular flexibility index (Phi) is 3.65. The number of amides is 1. The van der Waals surface area contributed by atoms with Crippen LogP contribution in [0.1, 0.15) is 10.4 Å². The molecular weight excluding hydrogens is 307 g/mol. The number of halogens is 2. The lowest BCUT2D eigenvalue weighted by molar-refractivity contribution is 0.102. The van der Waals surface area contributed by atoms with Crippen LogP contribution in [-0.4, -0.2) is 20.9 Å². The smallest absolute Gasteiger partial charge is 0.258 e. The minimum absolute atomic E-state index is 0.0803. The Labute approximate surface area is 110 Å². The summed E-state index contributed by atoms with van der Waals surface area (Å²) in [6.07, 6.45) is 2.92. The fraction of sp³-hybridized carbons (Fsp3) is 0. The van der Waals surface area contributed by atoms with E-state index >= 15 is 0 Å². The molecule has 0 aliphatic carbocycles. The standard InChI is InChI=1S/C10H6BrClN4O/c11-7-2-1-6(5-14-7)9(17)15-8-3-4-13-10(12)16-8/h1-5H,(H,13,15,16,17). The van der Waals surface area contributed by atoms with Crippen LogP contribution >= 0.6 is 27.5 Å². The van der Waals surface area contributed by atoms with Gasteiger partial charge in [0, 0.05) is 12.4 Å². The molecule has 0 bridgehead atoms. The molecule has 86 valence electrons. The van der Waals surface area contributed by atoms with E-state index in [0.717, 1.165) is 0 Å². The molecular formula is C10H6BrClN4O. The molecule has 0 atom stereocenters. The zero-order valence-corrected chi connectivity index (χ0v) is 10.7. The molecule has 0 spiro atoms. The minimum Gasteiger partial charge on any atom is -0.306 e. The fourth-order valence-corrected chi connectivity index (χ4v) is 1.49. The molecule has 0 unspecified atom stereocenters. The summed E-state index contributed by atoms with van der Waals surface area (Å²) in [5.74, 6) is 0.0395. The summed E-state index contributed by atoms with van der Waals surface area (Å²) in [6, 6.07) is 4.88. The van der Waals surface area contributed by atoms with Crippen LogP contribution < -0.4 is 5.32 Å². The number of hydrogen-bond acceptors (Lipinski definition) is 4. The number of nitrogens with one attached hydrogen (secondary N) is 1. The Morgan fingerprint density at radius 1 is 1.29 bits per heavy atom. The summed E-state index contributed by atoms with van der Waals surface area (Å²) in [6.45, 7) is 0. The van der Waals surface area contributed by atoms with Gasteiger partial charge in [0.15, 0.2) is 0 Å². The number of nitrogens with zero attached hydrogens (tertiary/aromatic N) is 3. The highest BCUT2D eigenvalue weighted by Gasteiger charge is 2.07. The van der Waals surface area contributed by atoms with E-state index in [1.807, 2.05) is 0 Å². The first-order valence-corrected chi connectivity index (χ1v) is 5.74. The Morgan fingerprint density at radius 2 is 2.12 bits per heavy atom. The number of rotatable bonds is 2. The van der Waals surface area contributed by atoms with Gasteiger partial charge in [-0.15, -0.1) is 0 Å². The number of aromatic nitrogens is 3. The molecule has 17 heavy (non-hydrogen) atoms. The molecule has 2 rings (SSSR count). The van der Waals surface area contributed by atoms with Crippen molar-refractivity contribution < 1.29 is 4.79 Å². The second-order valence-electron chi connectivity index (χ2n) is 3.03. The van der Waals surface area contributed by atoms with Crippen LogP contribution in [0, 0.1) is 0 Å². The lowest BCUT2D eigenvalue weighted by Gasteiger charge is -2.03. The number of anilines is 1. The van der Waals surface area contributed by atoms with Crippen molar-refractivity contribution in [3.8, 4) is 0 Å². The van der Waals surface area contributed by atoms with Gasteiger partial charge in [0.2, 0.25) is 5.28 Å². The van der Waals surface area contributed by atoms with Crippen LogP contribution in [0.5, 0.6) is 0 Å². The van der Waals surface area contributed by atoms with Crippen LogP contribution in [0.3, 0.4) is 0 Å². The van der Waals surface area contributed by atoms with E-state index in [9.17, 15) is 4.79 Å². The van der Waals surface area contributed by atoms with Gasteiger partial charge in [0.05, 0.1) is 5.56 Å². The van der Waals surface area contributed by atoms with Crippen LogP contribution in [0.25, 0.3) is 0 Å². The number of carbonyl (C=O) groups is 1. The summed E-state index contributed by atoms with van der Waals surface area (Å²) in [5, 5.41) is 2.67. The predicted octanol–water partition coefficient (Wildman–Crippen LogP) is 2.54. The van der Waals surface area contributed by atoms with Gasteiger partial charge in [0.1, 0.15) is 10.4 Å². The molecule has 0 aliphatic heterocycles. The Bertz CT molecular complexity index is 546. The normalized spacial score (nSPS) is 10.0. The third-order valence-electron chi connectivity index (χ3n) is 1.86. The Balaban J connectivity index is 2.14. The molecule has 7 heteroatoms. The summed E-state index contributed by atoms with van der Waals surface area (Å²) in [5.41, 5.74) is 0.433. The van der Waals surface area contributed by atoms with Crippen LogP contribution in [0.4, 0.5) is 5.82 Å². The van der Waals surface area contributed by atoms with Crippen LogP contribution in [0.2, 0.25) is 5.28 Å². The van der Waals surface area contributed by atoms with Crippen LogP contribution in [0.15, 0.2) is 35.2 Å². The highest BCUT2D eigenvalue weighted by Crippen LogP contribution is 2.10. The number of hydrogen-bond donors (Lipinski definition) is 1. The maximum atomic E-state index is 11.8. The molecule has 0 aliphatic rings. The zero-order valence-electron chi connectivity index (χ0n) is 8.39. The Hall–Kier alpha value is -1.53. The average molecular weight is 314 g/mol. The fourth-order valence-electron chi connectivity index (χ4n) is 1.10. The van der Waals surface area contributed by atoms with E-state index in [-0.39, 0.29) is 11.2 Å². The molecule has 2 aromatic rings. The van der Waals surface area contributed by atoms with Crippen molar-refractivity contribution in [3.05, 3.63) is 46.0 Å². The first kappa shape index (κ1) is 11.9.